The van der Waals surface area contributed by atoms with Crippen LogP contribution in [0.3, 0.4) is 0 Å². The van der Waals surface area contributed by atoms with E-state index >= 15 is 0 Å². The van der Waals surface area contributed by atoms with Gasteiger partial charge in [0.2, 0.25) is 0 Å². The van der Waals surface area contributed by atoms with E-state index in [2.05, 4.69) is 23.2 Å². The zero-order valence-electron chi connectivity index (χ0n) is 15.9. The van der Waals surface area contributed by atoms with Gasteiger partial charge in [-0.1, -0.05) is 18.2 Å². The van der Waals surface area contributed by atoms with Crippen molar-refractivity contribution in [1.29, 1.82) is 0 Å². The third kappa shape index (κ3) is 2.93. The third-order valence-electron chi connectivity index (χ3n) is 7.11. The fraction of sp³-hybridized carbons (Fsp3) is 0.458. The van der Waals surface area contributed by atoms with Crippen molar-refractivity contribution >= 4 is 11.9 Å². The molecule has 0 atom stereocenters. The Hall–Kier alpha value is -2.29. The number of aromatic hydroxyl groups is 1. The lowest BCUT2D eigenvalue weighted by Gasteiger charge is -2.57. The molecular formula is C24H27NO2. The molecule has 0 saturated heterocycles. The lowest BCUT2D eigenvalue weighted by Crippen LogP contribution is -2.48. The molecule has 4 saturated carbocycles. The monoisotopic (exact) mass is 361 g/mol. The molecule has 0 unspecified atom stereocenters. The Bertz CT molecular complexity index is 850. The number of benzene rings is 2. The zero-order valence-corrected chi connectivity index (χ0v) is 15.9. The van der Waals surface area contributed by atoms with Gasteiger partial charge in [0.05, 0.1) is 7.11 Å². The Balaban J connectivity index is 1.51. The van der Waals surface area contributed by atoms with Crippen molar-refractivity contribution in [3.63, 3.8) is 0 Å². The normalized spacial score (nSPS) is 31.5. The van der Waals surface area contributed by atoms with E-state index in [-0.39, 0.29) is 5.75 Å². The number of methoxy groups -OCH3 is 1. The van der Waals surface area contributed by atoms with Crippen LogP contribution in [-0.2, 0) is 5.41 Å². The standard InChI is InChI=1S/C24H27NO2/c1-27-23-7-6-20(11-21(23)25-15-19-4-2-3-5-22(19)26)24-12-16-8-17(13-24)10-18(9-16)14-24/h2-7,11,15-18,26H,8-10,12-14H2,1H3. The minimum absolute atomic E-state index is 0.248. The summed E-state index contributed by atoms with van der Waals surface area (Å²) in [6, 6.07) is 13.9. The molecule has 4 aliphatic carbocycles. The number of phenols is 1. The highest BCUT2D eigenvalue weighted by atomic mass is 16.5. The van der Waals surface area contributed by atoms with Crippen LogP contribution in [0.4, 0.5) is 5.69 Å². The summed E-state index contributed by atoms with van der Waals surface area (Å²) < 4.78 is 5.56. The summed E-state index contributed by atoms with van der Waals surface area (Å²) in [5.41, 5.74) is 3.36. The Labute approximate surface area is 161 Å². The zero-order chi connectivity index (χ0) is 18.4. The Morgan fingerprint density at radius 1 is 1.00 bits per heavy atom. The molecule has 3 heteroatoms. The van der Waals surface area contributed by atoms with Gasteiger partial charge in [-0.25, -0.2) is 0 Å². The highest BCUT2D eigenvalue weighted by molar-refractivity contribution is 5.85. The number of hydrogen-bond acceptors (Lipinski definition) is 3. The fourth-order valence-corrected chi connectivity index (χ4v) is 6.32. The minimum atomic E-state index is 0.248. The summed E-state index contributed by atoms with van der Waals surface area (Å²) in [6.45, 7) is 0. The molecule has 2 aromatic carbocycles. The molecule has 4 bridgehead atoms. The molecule has 3 nitrogen and oxygen atoms in total. The van der Waals surface area contributed by atoms with E-state index in [0.29, 0.717) is 5.41 Å². The van der Waals surface area contributed by atoms with E-state index in [4.69, 9.17) is 4.74 Å². The molecule has 0 spiro atoms. The maximum atomic E-state index is 10.0. The van der Waals surface area contributed by atoms with Crippen LogP contribution in [0.2, 0.25) is 0 Å². The maximum absolute atomic E-state index is 10.0. The number of aliphatic imine (C=N–C) groups is 1. The molecule has 6 rings (SSSR count). The number of rotatable bonds is 4. The van der Waals surface area contributed by atoms with Crippen molar-refractivity contribution in [2.24, 2.45) is 22.7 Å². The smallest absolute Gasteiger partial charge is 0.144 e. The first kappa shape index (κ1) is 16.9. The average molecular weight is 361 g/mol. The largest absolute Gasteiger partial charge is 0.507 e. The van der Waals surface area contributed by atoms with E-state index in [1.54, 1.807) is 19.4 Å². The third-order valence-corrected chi connectivity index (χ3v) is 7.11. The van der Waals surface area contributed by atoms with Crippen molar-refractivity contribution < 1.29 is 9.84 Å². The van der Waals surface area contributed by atoms with Crippen LogP contribution in [0.1, 0.15) is 49.7 Å². The molecule has 1 N–H and O–H groups in total. The van der Waals surface area contributed by atoms with Gasteiger partial charge in [0, 0.05) is 11.8 Å². The summed E-state index contributed by atoms with van der Waals surface area (Å²) in [5, 5.41) is 10.0. The first-order chi connectivity index (χ1) is 13.1. The van der Waals surface area contributed by atoms with Gasteiger partial charge in [-0.3, -0.25) is 4.99 Å². The molecule has 140 valence electrons. The number of ether oxygens (including phenoxy) is 1. The quantitative estimate of drug-likeness (QED) is 0.718. The summed E-state index contributed by atoms with van der Waals surface area (Å²) in [6.07, 6.45) is 10.1. The van der Waals surface area contributed by atoms with Crippen molar-refractivity contribution in [2.45, 2.75) is 43.9 Å². The first-order valence-electron chi connectivity index (χ1n) is 10.2. The van der Waals surface area contributed by atoms with Gasteiger partial charge in [0.1, 0.15) is 17.2 Å². The van der Waals surface area contributed by atoms with E-state index in [9.17, 15) is 5.11 Å². The SMILES string of the molecule is COc1ccc(C23CC4CC(CC(C4)C2)C3)cc1N=Cc1ccccc1O. The lowest BCUT2D eigenvalue weighted by molar-refractivity contribution is -0.00518. The van der Waals surface area contributed by atoms with Crippen LogP contribution in [0.25, 0.3) is 0 Å². The van der Waals surface area contributed by atoms with Crippen molar-refractivity contribution in [3.05, 3.63) is 53.6 Å². The van der Waals surface area contributed by atoms with Crippen molar-refractivity contribution in [3.8, 4) is 11.5 Å². The highest BCUT2D eigenvalue weighted by Crippen LogP contribution is 2.61. The second kappa shape index (κ2) is 6.40. The molecule has 4 aliphatic rings. The van der Waals surface area contributed by atoms with Crippen LogP contribution in [0.15, 0.2) is 47.5 Å². The van der Waals surface area contributed by atoms with Gasteiger partial charge in [-0.05, 0) is 91.5 Å². The summed E-state index contributed by atoms with van der Waals surface area (Å²) >= 11 is 0. The van der Waals surface area contributed by atoms with Gasteiger partial charge in [0.15, 0.2) is 0 Å². The van der Waals surface area contributed by atoms with E-state index in [0.717, 1.165) is 34.8 Å². The van der Waals surface area contributed by atoms with Gasteiger partial charge >= 0.3 is 0 Å². The van der Waals surface area contributed by atoms with Crippen LogP contribution < -0.4 is 4.74 Å². The van der Waals surface area contributed by atoms with E-state index < -0.39 is 0 Å². The van der Waals surface area contributed by atoms with Gasteiger partial charge < -0.3 is 9.84 Å². The maximum Gasteiger partial charge on any atom is 0.144 e. The second-order valence-corrected chi connectivity index (χ2v) is 8.90. The van der Waals surface area contributed by atoms with Gasteiger partial charge in [0.25, 0.3) is 0 Å². The van der Waals surface area contributed by atoms with Crippen LogP contribution in [0, 0.1) is 17.8 Å². The van der Waals surface area contributed by atoms with E-state index in [1.807, 2.05) is 18.2 Å². The Kier molecular flexibility index (Phi) is 3.99. The number of nitrogens with zero attached hydrogens (tertiary/aromatic N) is 1. The topological polar surface area (TPSA) is 41.8 Å². The molecule has 0 aliphatic heterocycles. The molecule has 0 radical (unpaired) electrons. The average Bonchev–Trinajstić information content (AvgIpc) is 2.66. The number of para-hydroxylation sites is 1. The summed E-state index contributed by atoms with van der Waals surface area (Å²) in [4.78, 5) is 4.69. The lowest BCUT2D eigenvalue weighted by atomic mass is 9.48. The number of hydrogen-bond donors (Lipinski definition) is 1. The molecule has 0 heterocycles. The van der Waals surface area contributed by atoms with Crippen LogP contribution in [0.5, 0.6) is 11.5 Å². The van der Waals surface area contributed by atoms with E-state index in [1.165, 1.54) is 44.1 Å². The minimum Gasteiger partial charge on any atom is -0.507 e. The fourth-order valence-electron chi connectivity index (χ4n) is 6.32. The van der Waals surface area contributed by atoms with Crippen molar-refractivity contribution in [1.82, 2.24) is 0 Å². The van der Waals surface area contributed by atoms with Crippen molar-refractivity contribution in [2.75, 3.05) is 7.11 Å². The molecule has 0 aromatic heterocycles. The van der Waals surface area contributed by atoms with Crippen LogP contribution >= 0.6 is 0 Å². The predicted molar refractivity (Wildman–Crippen MR) is 108 cm³/mol. The summed E-state index contributed by atoms with van der Waals surface area (Å²) in [5.74, 6) is 3.80. The Morgan fingerprint density at radius 2 is 1.67 bits per heavy atom. The molecule has 27 heavy (non-hydrogen) atoms. The highest BCUT2D eigenvalue weighted by Gasteiger charge is 2.51. The van der Waals surface area contributed by atoms with Gasteiger partial charge in [-0.2, -0.15) is 0 Å². The summed E-state index contributed by atoms with van der Waals surface area (Å²) in [7, 11) is 1.69. The van der Waals surface area contributed by atoms with Crippen LogP contribution in [-0.4, -0.2) is 18.4 Å². The molecule has 4 fully saturated rings. The molecular weight excluding hydrogens is 334 g/mol. The Morgan fingerprint density at radius 3 is 2.30 bits per heavy atom. The first-order valence-corrected chi connectivity index (χ1v) is 10.2. The predicted octanol–water partition coefficient (Wildman–Crippen LogP) is 5.62. The second-order valence-electron chi connectivity index (χ2n) is 8.90. The van der Waals surface area contributed by atoms with Gasteiger partial charge in [-0.15, -0.1) is 0 Å². The molecule has 0 amide bonds. The molecule has 2 aromatic rings. The number of phenolic OH excluding ortho intramolecular Hbond substituents is 1.